The number of nitrogens with one attached hydrogen (secondary N) is 3. The number of hydrogen-bond acceptors (Lipinski definition) is 7. The topological polar surface area (TPSA) is 117 Å². The Balaban J connectivity index is 2.08. The molecule has 0 spiro atoms. The van der Waals surface area contributed by atoms with Crippen molar-refractivity contribution < 1.29 is 23.1 Å². The second-order valence-corrected chi connectivity index (χ2v) is 12.9. The molecule has 3 atom stereocenters. The van der Waals surface area contributed by atoms with Gasteiger partial charge in [0.05, 0.1) is 30.9 Å². The molecule has 10 heteroatoms. The Morgan fingerprint density at radius 2 is 1.76 bits per heavy atom. The van der Waals surface area contributed by atoms with Gasteiger partial charge in [0.15, 0.2) is 0 Å². The molecule has 1 amide bonds. The Morgan fingerprint density at radius 3 is 2.42 bits per heavy atom. The number of sulfonamides is 1. The molecule has 0 aromatic heterocycles. The fourth-order valence-corrected chi connectivity index (χ4v) is 6.19. The van der Waals surface area contributed by atoms with Crippen LogP contribution >= 0.6 is 11.8 Å². The molecule has 0 aliphatic rings. The van der Waals surface area contributed by atoms with Crippen LogP contribution in [0.4, 0.5) is 0 Å². The maximum absolute atomic E-state index is 13.4. The van der Waals surface area contributed by atoms with E-state index in [-0.39, 0.29) is 30.7 Å². The number of ether oxygens (including phenoxy) is 1. The van der Waals surface area contributed by atoms with Crippen LogP contribution in [0.1, 0.15) is 31.9 Å². The molecule has 4 N–H and O–H groups in total. The Morgan fingerprint density at radius 1 is 1.05 bits per heavy atom. The molecule has 0 fully saturated rings. The van der Waals surface area contributed by atoms with Gasteiger partial charge in [-0.3, -0.25) is 4.79 Å². The molecular formula is C28H43N3O5S2. The lowest BCUT2D eigenvalue weighted by Crippen LogP contribution is -2.52. The number of amides is 1. The highest BCUT2D eigenvalue weighted by Gasteiger charge is 2.27. The van der Waals surface area contributed by atoms with Gasteiger partial charge in [0.1, 0.15) is 5.75 Å². The largest absolute Gasteiger partial charge is 0.497 e. The molecule has 0 bridgehead atoms. The lowest BCUT2D eigenvalue weighted by atomic mass is 10.00. The van der Waals surface area contributed by atoms with Gasteiger partial charge in [-0.1, -0.05) is 63.2 Å². The van der Waals surface area contributed by atoms with E-state index in [1.807, 2.05) is 75.4 Å². The van der Waals surface area contributed by atoms with Crippen molar-refractivity contribution in [3.8, 4) is 5.75 Å². The molecule has 38 heavy (non-hydrogen) atoms. The van der Waals surface area contributed by atoms with Crippen LogP contribution in [0.2, 0.25) is 0 Å². The first-order chi connectivity index (χ1) is 18.1. The zero-order chi connectivity index (χ0) is 28.0. The lowest BCUT2D eigenvalue weighted by molar-refractivity contribution is -0.125. The van der Waals surface area contributed by atoms with Crippen molar-refractivity contribution in [2.45, 2.75) is 45.9 Å². The van der Waals surface area contributed by atoms with Gasteiger partial charge in [-0.05, 0) is 41.4 Å². The van der Waals surface area contributed by atoms with Crippen molar-refractivity contribution in [1.29, 1.82) is 0 Å². The second kappa shape index (κ2) is 16.8. The summed E-state index contributed by atoms with van der Waals surface area (Å²) < 4.78 is 32.6. The quantitative estimate of drug-likeness (QED) is 0.220. The van der Waals surface area contributed by atoms with Gasteiger partial charge >= 0.3 is 0 Å². The molecule has 0 aliphatic carbocycles. The molecule has 2 rings (SSSR count). The Kier molecular flexibility index (Phi) is 14.2. The summed E-state index contributed by atoms with van der Waals surface area (Å²) >= 11 is 1.58. The minimum absolute atomic E-state index is 0.0105. The van der Waals surface area contributed by atoms with Gasteiger partial charge in [-0.25, -0.2) is 13.1 Å². The lowest BCUT2D eigenvalue weighted by Gasteiger charge is -2.27. The van der Waals surface area contributed by atoms with Crippen LogP contribution in [-0.4, -0.2) is 69.0 Å². The number of aliphatic hydroxyl groups is 1. The Hall–Kier alpha value is -2.11. The van der Waals surface area contributed by atoms with E-state index in [2.05, 4.69) is 15.4 Å². The van der Waals surface area contributed by atoms with Crippen LogP contribution in [0, 0.1) is 11.8 Å². The van der Waals surface area contributed by atoms with E-state index in [1.165, 1.54) is 0 Å². The van der Waals surface area contributed by atoms with Crippen LogP contribution in [-0.2, 0) is 27.8 Å². The predicted molar refractivity (Wildman–Crippen MR) is 156 cm³/mol. The van der Waals surface area contributed by atoms with E-state index in [1.54, 1.807) is 18.9 Å². The van der Waals surface area contributed by atoms with Crippen molar-refractivity contribution in [2.24, 2.45) is 11.8 Å². The van der Waals surface area contributed by atoms with Crippen molar-refractivity contribution >= 4 is 27.7 Å². The smallest absolute Gasteiger partial charge is 0.225 e. The third-order valence-corrected chi connectivity index (χ3v) is 8.66. The molecule has 0 saturated heterocycles. The number of rotatable bonds is 18. The standard InChI is InChI=1S/C28H43N3O5S2/c1-5-37-19-24(17-30-38(34,35)20-21(2)3)28(33)31-26(15-22-10-7-6-8-11-22)27(32)18-29-16-23-12-9-13-25(14-23)36-4/h6-14,21,24,26-27,29-30,32H,5,15-20H2,1-4H3,(H,31,33). The zero-order valence-electron chi connectivity index (χ0n) is 22.9. The Bertz CT molecular complexity index is 1070. The van der Waals surface area contributed by atoms with E-state index in [0.29, 0.717) is 18.7 Å². The van der Waals surface area contributed by atoms with Crippen molar-refractivity contribution in [3.05, 3.63) is 65.7 Å². The van der Waals surface area contributed by atoms with Crippen LogP contribution in [0.25, 0.3) is 0 Å². The normalized spacial score (nSPS) is 14.2. The third kappa shape index (κ3) is 12.2. The van der Waals surface area contributed by atoms with Crippen molar-refractivity contribution in [2.75, 3.05) is 37.5 Å². The van der Waals surface area contributed by atoms with E-state index in [4.69, 9.17) is 4.74 Å². The van der Waals surface area contributed by atoms with Crippen molar-refractivity contribution in [3.63, 3.8) is 0 Å². The highest BCUT2D eigenvalue weighted by atomic mass is 32.2. The molecule has 0 radical (unpaired) electrons. The molecule has 8 nitrogen and oxygen atoms in total. The minimum atomic E-state index is -3.48. The summed E-state index contributed by atoms with van der Waals surface area (Å²) in [7, 11) is -1.86. The fraction of sp³-hybridized carbons (Fsp3) is 0.536. The number of methoxy groups -OCH3 is 1. The number of thioether (sulfide) groups is 1. The molecule has 0 heterocycles. The average molecular weight is 566 g/mol. The second-order valence-electron chi connectivity index (χ2n) is 9.73. The predicted octanol–water partition coefficient (Wildman–Crippen LogP) is 2.82. The van der Waals surface area contributed by atoms with Crippen LogP contribution in [0.15, 0.2) is 54.6 Å². The molecule has 3 unspecified atom stereocenters. The summed E-state index contributed by atoms with van der Waals surface area (Å²) in [5.74, 6) is 1.22. The summed E-state index contributed by atoms with van der Waals surface area (Å²) in [6.07, 6.45) is -0.414. The van der Waals surface area contributed by atoms with Gasteiger partial charge < -0.3 is 20.5 Å². The average Bonchev–Trinajstić information content (AvgIpc) is 2.88. The van der Waals surface area contributed by atoms with E-state index >= 15 is 0 Å². The summed E-state index contributed by atoms with van der Waals surface area (Å²) in [4.78, 5) is 13.4. The first-order valence-corrected chi connectivity index (χ1v) is 15.8. The van der Waals surface area contributed by atoms with E-state index < -0.39 is 28.1 Å². The van der Waals surface area contributed by atoms with Gasteiger partial charge in [0, 0.05) is 25.4 Å². The zero-order valence-corrected chi connectivity index (χ0v) is 24.5. The number of hydrogen-bond donors (Lipinski definition) is 4. The highest BCUT2D eigenvalue weighted by molar-refractivity contribution is 7.99. The van der Waals surface area contributed by atoms with Crippen LogP contribution < -0.4 is 20.1 Å². The number of carbonyl (C=O) groups excluding carboxylic acids is 1. The molecule has 2 aromatic carbocycles. The van der Waals surface area contributed by atoms with Crippen molar-refractivity contribution in [1.82, 2.24) is 15.4 Å². The molecule has 0 aliphatic heterocycles. The van der Waals surface area contributed by atoms with E-state index in [0.717, 1.165) is 22.6 Å². The number of benzene rings is 2. The molecule has 0 saturated carbocycles. The highest BCUT2D eigenvalue weighted by Crippen LogP contribution is 2.14. The molecular weight excluding hydrogens is 522 g/mol. The fourth-order valence-electron chi connectivity index (χ4n) is 3.95. The van der Waals surface area contributed by atoms with Gasteiger partial charge in [0.25, 0.3) is 0 Å². The maximum Gasteiger partial charge on any atom is 0.225 e. The number of carbonyl (C=O) groups is 1. The third-order valence-electron chi connectivity index (χ3n) is 5.90. The molecule has 2 aromatic rings. The summed E-state index contributed by atoms with van der Waals surface area (Å²) in [6.45, 7) is 6.51. The van der Waals surface area contributed by atoms with Crippen LogP contribution in [0.5, 0.6) is 5.75 Å². The summed E-state index contributed by atoms with van der Waals surface area (Å²) in [5, 5.41) is 17.4. The monoisotopic (exact) mass is 565 g/mol. The molecule has 212 valence electrons. The van der Waals surface area contributed by atoms with Gasteiger partial charge in [-0.2, -0.15) is 11.8 Å². The maximum atomic E-state index is 13.4. The van der Waals surface area contributed by atoms with Crippen LogP contribution in [0.3, 0.4) is 0 Å². The first-order valence-electron chi connectivity index (χ1n) is 13.0. The number of aliphatic hydroxyl groups excluding tert-OH is 1. The van der Waals surface area contributed by atoms with Gasteiger partial charge in [0.2, 0.25) is 15.9 Å². The summed E-state index contributed by atoms with van der Waals surface area (Å²) in [6, 6.07) is 16.8. The van der Waals surface area contributed by atoms with E-state index in [9.17, 15) is 18.3 Å². The first kappa shape index (κ1) is 32.1. The Labute approximate surface area is 232 Å². The summed E-state index contributed by atoms with van der Waals surface area (Å²) in [5.41, 5.74) is 2.01. The minimum Gasteiger partial charge on any atom is -0.497 e. The SMILES string of the molecule is CCSCC(CNS(=O)(=O)CC(C)C)C(=O)NC(Cc1ccccc1)C(O)CNCc1cccc(OC)c1. The van der Waals surface area contributed by atoms with Gasteiger partial charge in [-0.15, -0.1) is 0 Å².